The van der Waals surface area contributed by atoms with Gasteiger partial charge >= 0.3 is 0 Å². The molecule has 0 saturated carbocycles. The third kappa shape index (κ3) is 2.83. The fraction of sp³-hybridized carbons (Fsp3) is 0.846. The van der Waals surface area contributed by atoms with Gasteiger partial charge in [0.05, 0.1) is 5.71 Å². The van der Waals surface area contributed by atoms with E-state index in [2.05, 4.69) is 12.1 Å². The summed E-state index contributed by atoms with van der Waals surface area (Å²) in [4.78, 5) is 14.2. The van der Waals surface area contributed by atoms with E-state index in [4.69, 9.17) is 9.94 Å². The predicted octanol–water partition coefficient (Wildman–Crippen LogP) is 1.64. The van der Waals surface area contributed by atoms with Crippen molar-refractivity contribution in [3.63, 3.8) is 0 Å². The summed E-state index contributed by atoms with van der Waals surface area (Å²) < 4.78 is 5.54. The van der Waals surface area contributed by atoms with Gasteiger partial charge in [0.25, 0.3) is 5.91 Å². The molecule has 0 bridgehead atoms. The largest absolute Gasteiger partial charge is 0.411 e. The van der Waals surface area contributed by atoms with Gasteiger partial charge in [-0.2, -0.15) is 0 Å². The van der Waals surface area contributed by atoms with Crippen molar-refractivity contribution in [2.45, 2.75) is 45.1 Å². The van der Waals surface area contributed by atoms with Gasteiger partial charge in [-0.15, -0.1) is 0 Å². The second kappa shape index (κ2) is 6.18. The maximum Gasteiger partial charge on any atom is 0.251 e. The number of piperidine rings is 1. The van der Waals surface area contributed by atoms with E-state index in [0.717, 1.165) is 31.4 Å². The van der Waals surface area contributed by atoms with Crippen LogP contribution in [0.1, 0.15) is 39.0 Å². The number of nitrogens with zero attached hydrogens (tertiary/aromatic N) is 2. The van der Waals surface area contributed by atoms with Crippen molar-refractivity contribution >= 4 is 11.6 Å². The quantitative estimate of drug-likeness (QED) is 0.602. The van der Waals surface area contributed by atoms with Gasteiger partial charge in [0, 0.05) is 32.0 Å². The van der Waals surface area contributed by atoms with Crippen LogP contribution in [0.3, 0.4) is 0 Å². The molecular weight excluding hydrogens is 232 g/mol. The van der Waals surface area contributed by atoms with Crippen LogP contribution in [0.25, 0.3) is 0 Å². The Morgan fingerprint density at radius 1 is 1.56 bits per heavy atom. The topological polar surface area (TPSA) is 62.1 Å². The predicted molar refractivity (Wildman–Crippen MR) is 67.8 cm³/mol. The molecule has 0 radical (unpaired) electrons. The standard InChI is InChI=1S/C13H22N2O3/c1-2-10-9-15(7-6-11(10)14-17)13(16)12-5-3-4-8-18-12/h10,12,17H,2-9H2,1H3. The Kier molecular flexibility index (Phi) is 4.58. The number of amides is 1. The van der Waals surface area contributed by atoms with Gasteiger partial charge in [-0.05, 0) is 25.7 Å². The van der Waals surface area contributed by atoms with Crippen LogP contribution in [-0.2, 0) is 9.53 Å². The van der Waals surface area contributed by atoms with E-state index in [9.17, 15) is 4.79 Å². The maximum atomic E-state index is 12.3. The number of carbonyl (C=O) groups excluding carboxylic acids is 1. The average molecular weight is 254 g/mol. The van der Waals surface area contributed by atoms with Crippen LogP contribution in [0, 0.1) is 5.92 Å². The maximum absolute atomic E-state index is 12.3. The Morgan fingerprint density at radius 3 is 3.00 bits per heavy atom. The van der Waals surface area contributed by atoms with Crippen molar-refractivity contribution in [1.29, 1.82) is 0 Å². The molecule has 2 rings (SSSR count). The number of likely N-dealkylation sites (tertiary alicyclic amines) is 1. The molecule has 5 heteroatoms. The lowest BCUT2D eigenvalue weighted by Gasteiger charge is -2.35. The Balaban J connectivity index is 1.95. The molecule has 1 N–H and O–H groups in total. The monoisotopic (exact) mass is 254 g/mol. The van der Waals surface area contributed by atoms with Crippen LogP contribution >= 0.6 is 0 Å². The normalized spacial score (nSPS) is 31.6. The zero-order valence-corrected chi connectivity index (χ0v) is 11.0. The third-order valence-corrected chi connectivity index (χ3v) is 3.94. The smallest absolute Gasteiger partial charge is 0.251 e. The fourth-order valence-corrected chi connectivity index (χ4v) is 2.75. The van der Waals surface area contributed by atoms with E-state index < -0.39 is 0 Å². The molecule has 5 nitrogen and oxygen atoms in total. The lowest BCUT2D eigenvalue weighted by molar-refractivity contribution is -0.147. The molecule has 0 aliphatic carbocycles. The zero-order valence-electron chi connectivity index (χ0n) is 11.0. The van der Waals surface area contributed by atoms with Crippen LogP contribution in [0.15, 0.2) is 5.16 Å². The summed E-state index contributed by atoms with van der Waals surface area (Å²) in [5.41, 5.74) is 0.825. The number of carbonyl (C=O) groups is 1. The lowest BCUT2D eigenvalue weighted by Crippen LogP contribution is -2.49. The summed E-state index contributed by atoms with van der Waals surface area (Å²) in [6.45, 7) is 4.06. The summed E-state index contributed by atoms with van der Waals surface area (Å²) in [7, 11) is 0. The Bertz CT molecular complexity index is 324. The van der Waals surface area contributed by atoms with Crippen molar-refractivity contribution in [3.8, 4) is 0 Å². The summed E-state index contributed by atoms with van der Waals surface area (Å²) >= 11 is 0. The van der Waals surface area contributed by atoms with Crippen molar-refractivity contribution in [2.75, 3.05) is 19.7 Å². The van der Waals surface area contributed by atoms with Crippen molar-refractivity contribution in [3.05, 3.63) is 0 Å². The first-order valence-electron chi connectivity index (χ1n) is 6.87. The Morgan fingerprint density at radius 2 is 2.39 bits per heavy atom. The molecular formula is C13H22N2O3. The molecule has 2 saturated heterocycles. The van der Waals surface area contributed by atoms with Crippen LogP contribution in [0.4, 0.5) is 0 Å². The highest BCUT2D eigenvalue weighted by molar-refractivity contribution is 5.90. The second-order valence-corrected chi connectivity index (χ2v) is 5.09. The third-order valence-electron chi connectivity index (χ3n) is 3.94. The molecule has 18 heavy (non-hydrogen) atoms. The van der Waals surface area contributed by atoms with E-state index in [-0.39, 0.29) is 17.9 Å². The lowest BCUT2D eigenvalue weighted by atomic mass is 9.92. The molecule has 2 aliphatic rings. The summed E-state index contributed by atoms with van der Waals surface area (Å²) in [5.74, 6) is 0.307. The van der Waals surface area contributed by atoms with Gasteiger partial charge in [-0.25, -0.2) is 0 Å². The van der Waals surface area contributed by atoms with Gasteiger partial charge in [0.1, 0.15) is 6.10 Å². The minimum Gasteiger partial charge on any atom is -0.411 e. The molecule has 0 spiro atoms. The summed E-state index contributed by atoms with van der Waals surface area (Å²) in [6.07, 6.45) is 4.30. The first-order chi connectivity index (χ1) is 8.76. The Hall–Kier alpha value is -1.10. The Labute approximate surface area is 108 Å². The number of hydrogen-bond donors (Lipinski definition) is 1. The molecule has 2 atom stereocenters. The second-order valence-electron chi connectivity index (χ2n) is 5.09. The van der Waals surface area contributed by atoms with Crippen LogP contribution in [0.5, 0.6) is 0 Å². The first-order valence-corrected chi connectivity index (χ1v) is 6.87. The minimum absolute atomic E-state index is 0.116. The van der Waals surface area contributed by atoms with E-state index in [0.29, 0.717) is 26.1 Å². The van der Waals surface area contributed by atoms with E-state index in [1.165, 1.54) is 0 Å². The van der Waals surface area contributed by atoms with Gasteiger partial charge in [0.15, 0.2) is 0 Å². The minimum atomic E-state index is -0.246. The summed E-state index contributed by atoms with van der Waals surface area (Å²) in [6, 6.07) is 0. The molecule has 2 fully saturated rings. The number of hydrogen-bond acceptors (Lipinski definition) is 4. The highest BCUT2D eigenvalue weighted by atomic mass is 16.5. The number of oxime groups is 1. The van der Waals surface area contributed by atoms with Gasteiger partial charge in [-0.1, -0.05) is 12.1 Å². The van der Waals surface area contributed by atoms with Gasteiger partial charge < -0.3 is 14.8 Å². The van der Waals surface area contributed by atoms with Crippen LogP contribution < -0.4 is 0 Å². The molecule has 102 valence electrons. The fourth-order valence-electron chi connectivity index (χ4n) is 2.75. The highest BCUT2D eigenvalue weighted by Gasteiger charge is 2.32. The molecule has 1 amide bonds. The summed E-state index contributed by atoms with van der Waals surface area (Å²) in [5, 5.41) is 12.3. The zero-order chi connectivity index (χ0) is 13.0. The van der Waals surface area contributed by atoms with E-state index in [1.54, 1.807) is 0 Å². The number of ether oxygens (including phenoxy) is 1. The molecule has 2 unspecified atom stereocenters. The molecule has 2 aliphatic heterocycles. The SMILES string of the molecule is CCC1CN(C(=O)C2CCCCO2)CCC1=NO. The molecule has 0 aromatic heterocycles. The van der Waals surface area contributed by atoms with Crippen molar-refractivity contribution in [1.82, 2.24) is 4.90 Å². The van der Waals surface area contributed by atoms with Crippen molar-refractivity contribution in [2.24, 2.45) is 11.1 Å². The van der Waals surface area contributed by atoms with E-state index in [1.807, 2.05) is 4.90 Å². The average Bonchev–Trinajstić information content (AvgIpc) is 2.46. The highest BCUT2D eigenvalue weighted by Crippen LogP contribution is 2.21. The molecule has 0 aromatic rings. The molecule has 2 heterocycles. The van der Waals surface area contributed by atoms with E-state index >= 15 is 0 Å². The van der Waals surface area contributed by atoms with Crippen molar-refractivity contribution < 1.29 is 14.7 Å². The first kappa shape index (κ1) is 13.3. The van der Waals surface area contributed by atoms with Crippen LogP contribution in [-0.4, -0.2) is 47.5 Å². The van der Waals surface area contributed by atoms with Gasteiger partial charge in [-0.3, -0.25) is 4.79 Å². The van der Waals surface area contributed by atoms with Crippen LogP contribution in [0.2, 0.25) is 0 Å². The molecule has 0 aromatic carbocycles. The van der Waals surface area contributed by atoms with Gasteiger partial charge in [0.2, 0.25) is 0 Å². The number of rotatable bonds is 2.